The minimum Gasteiger partial charge on any atom is -0.462 e. The van der Waals surface area contributed by atoms with Gasteiger partial charge < -0.3 is 14.2 Å². The lowest BCUT2D eigenvalue weighted by Crippen LogP contribution is -2.30. The molecule has 1 unspecified atom stereocenters. The second-order valence-corrected chi connectivity index (χ2v) is 20.2. The highest BCUT2D eigenvalue weighted by molar-refractivity contribution is 5.71. The summed E-state index contributed by atoms with van der Waals surface area (Å²) in [4.78, 5) is 38.2. The molecule has 0 aromatic carbocycles. The van der Waals surface area contributed by atoms with Crippen LogP contribution < -0.4 is 0 Å². The molecule has 0 aromatic rings. The standard InChI is InChI=1S/C66H114O6/c1-4-7-10-13-16-19-22-25-28-30-32-33-34-36-38-41-44-47-50-53-56-59-65(68)71-62-63(61-70-64(67)58-55-52-49-46-43-40-37-27-24-21-18-15-12-9-6-3)72-66(69)60-57-54-51-48-45-42-39-35-31-29-26-23-20-17-14-11-8-5-2/h7,10,16,19,25,28-29,31-33,36,38,44,47,63H,4-6,8-9,11-15,17-18,20-24,26-27,30,34-35,37,39-43,45-46,48-62H2,1-3H3/b10-7-,19-16-,28-25-,31-29-,33-32-,38-36-,47-44-. The molecule has 0 N–H and O–H groups in total. The highest BCUT2D eigenvalue weighted by Crippen LogP contribution is 2.16. The monoisotopic (exact) mass is 1000 g/mol. The summed E-state index contributed by atoms with van der Waals surface area (Å²) < 4.78 is 16.9. The Hall–Kier alpha value is -3.41. The van der Waals surface area contributed by atoms with Crippen molar-refractivity contribution in [3.63, 3.8) is 0 Å². The van der Waals surface area contributed by atoms with Gasteiger partial charge in [0.2, 0.25) is 0 Å². The maximum Gasteiger partial charge on any atom is 0.306 e. The van der Waals surface area contributed by atoms with Crippen LogP contribution in [-0.4, -0.2) is 37.2 Å². The van der Waals surface area contributed by atoms with Crippen LogP contribution in [0, 0.1) is 0 Å². The first-order valence-electron chi connectivity index (χ1n) is 30.6. The van der Waals surface area contributed by atoms with E-state index in [1.165, 1.54) is 161 Å². The van der Waals surface area contributed by atoms with E-state index in [2.05, 4.69) is 106 Å². The summed E-state index contributed by atoms with van der Waals surface area (Å²) in [5.74, 6) is -0.928. The molecule has 6 nitrogen and oxygen atoms in total. The zero-order chi connectivity index (χ0) is 52.2. The summed E-state index contributed by atoms with van der Waals surface area (Å²) in [6.07, 6.45) is 78.6. The van der Waals surface area contributed by atoms with E-state index in [4.69, 9.17) is 14.2 Å². The Bertz CT molecular complexity index is 1380. The van der Waals surface area contributed by atoms with Crippen LogP contribution in [0.1, 0.15) is 297 Å². The van der Waals surface area contributed by atoms with Crippen molar-refractivity contribution in [2.75, 3.05) is 13.2 Å². The Morgan fingerprint density at radius 1 is 0.292 bits per heavy atom. The van der Waals surface area contributed by atoms with E-state index in [0.717, 1.165) is 96.3 Å². The molecule has 0 aliphatic carbocycles. The number of ether oxygens (including phenoxy) is 3. The van der Waals surface area contributed by atoms with Crippen LogP contribution >= 0.6 is 0 Å². The number of esters is 3. The highest BCUT2D eigenvalue weighted by atomic mass is 16.6. The molecule has 0 spiro atoms. The molecule has 6 heteroatoms. The summed E-state index contributed by atoms with van der Waals surface area (Å²) in [7, 11) is 0. The van der Waals surface area contributed by atoms with Gasteiger partial charge in [0.25, 0.3) is 0 Å². The van der Waals surface area contributed by atoms with Gasteiger partial charge in [0.1, 0.15) is 13.2 Å². The van der Waals surface area contributed by atoms with E-state index in [1.807, 2.05) is 0 Å². The summed E-state index contributed by atoms with van der Waals surface area (Å²) in [5, 5.41) is 0. The molecule has 0 aliphatic rings. The lowest BCUT2D eigenvalue weighted by Gasteiger charge is -2.18. The fourth-order valence-electron chi connectivity index (χ4n) is 8.56. The van der Waals surface area contributed by atoms with Crippen LogP contribution in [0.15, 0.2) is 85.1 Å². The van der Waals surface area contributed by atoms with E-state index in [1.54, 1.807) is 0 Å². The van der Waals surface area contributed by atoms with Gasteiger partial charge in [-0.1, -0.05) is 266 Å². The maximum atomic E-state index is 12.9. The molecule has 0 aliphatic heterocycles. The fourth-order valence-corrected chi connectivity index (χ4v) is 8.56. The number of hydrogen-bond donors (Lipinski definition) is 0. The Kier molecular flexibility index (Phi) is 57.3. The van der Waals surface area contributed by atoms with Crippen LogP contribution in [0.25, 0.3) is 0 Å². The average Bonchev–Trinajstić information content (AvgIpc) is 3.38. The van der Waals surface area contributed by atoms with Gasteiger partial charge in [-0.3, -0.25) is 14.4 Å². The van der Waals surface area contributed by atoms with Crippen molar-refractivity contribution in [3.8, 4) is 0 Å². The summed E-state index contributed by atoms with van der Waals surface area (Å²) in [6, 6.07) is 0. The van der Waals surface area contributed by atoms with E-state index in [-0.39, 0.29) is 31.1 Å². The highest BCUT2D eigenvalue weighted by Gasteiger charge is 2.19. The lowest BCUT2D eigenvalue weighted by atomic mass is 10.0. The predicted octanol–water partition coefficient (Wildman–Crippen LogP) is 20.7. The van der Waals surface area contributed by atoms with E-state index in [9.17, 15) is 14.4 Å². The smallest absolute Gasteiger partial charge is 0.306 e. The molecule has 0 saturated heterocycles. The average molecular weight is 1000 g/mol. The van der Waals surface area contributed by atoms with Gasteiger partial charge in [0.05, 0.1) is 0 Å². The molecule has 0 heterocycles. The van der Waals surface area contributed by atoms with Crippen LogP contribution in [0.2, 0.25) is 0 Å². The Balaban J connectivity index is 4.45. The van der Waals surface area contributed by atoms with Crippen LogP contribution in [-0.2, 0) is 28.6 Å². The van der Waals surface area contributed by atoms with Gasteiger partial charge in [-0.15, -0.1) is 0 Å². The van der Waals surface area contributed by atoms with Crippen molar-refractivity contribution in [2.24, 2.45) is 0 Å². The summed E-state index contributed by atoms with van der Waals surface area (Å²) in [5.41, 5.74) is 0. The first kappa shape index (κ1) is 68.6. The number of unbranched alkanes of at least 4 members (excludes halogenated alkanes) is 30. The lowest BCUT2D eigenvalue weighted by molar-refractivity contribution is -0.167. The Labute approximate surface area is 445 Å². The molecular weight excluding hydrogens is 889 g/mol. The van der Waals surface area contributed by atoms with Crippen molar-refractivity contribution < 1.29 is 28.6 Å². The number of carbonyl (C=O) groups excluding carboxylic acids is 3. The van der Waals surface area contributed by atoms with Crippen LogP contribution in [0.4, 0.5) is 0 Å². The molecule has 0 bridgehead atoms. The first-order chi connectivity index (χ1) is 35.5. The molecule has 0 amide bonds. The maximum absolute atomic E-state index is 12.9. The van der Waals surface area contributed by atoms with Crippen LogP contribution in [0.3, 0.4) is 0 Å². The second-order valence-electron chi connectivity index (χ2n) is 20.2. The Morgan fingerprint density at radius 3 is 0.889 bits per heavy atom. The van der Waals surface area contributed by atoms with Crippen LogP contribution in [0.5, 0.6) is 0 Å². The molecule has 414 valence electrons. The van der Waals surface area contributed by atoms with Crippen molar-refractivity contribution >= 4 is 17.9 Å². The quantitative estimate of drug-likeness (QED) is 0.0261. The van der Waals surface area contributed by atoms with Crippen molar-refractivity contribution in [3.05, 3.63) is 85.1 Å². The van der Waals surface area contributed by atoms with Crippen molar-refractivity contribution in [1.29, 1.82) is 0 Å². The van der Waals surface area contributed by atoms with Gasteiger partial charge in [-0.25, -0.2) is 0 Å². The SMILES string of the molecule is CC/C=C\C/C=C\C/C=C\C/C=C\C/C=C\C/C=C\CCCCC(=O)OCC(COC(=O)CCCCCCCCCCCCCCCCC)OC(=O)CCCCCCCCC/C=C\CCCCCCCCC. The van der Waals surface area contributed by atoms with Crippen molar-refractivity contribution in [1.82, 2.24) is 0 Å². The van der Waals surface area contributed by atoms with E-state index >= 15 is 0 Å². The minimum absolute atomic E-state index is 0.0897. The van der Waals surface area contributed by atoms with Gasteiger partial charge >= 0.3 is 17.9 Å². The number of rotatable bonds is 55. The molecule has 0 radical (unpaired) electrons. The number of carbonyl (C=O) groups is 3. The topological polar surface area (TPSA) is 78.9 Å². The summed E-state index contributed by atoms with van der Waals surface area (Å²) in [6.45, 7) is 6.51. The second kappa shape index (κ2) is 60.1. The fraction of sp³-hybridized carbons (Fsp3) is 0.742. The third kappa shape index (κ3) is 57.5. The number of hydrogen-bond acceptors (Lipinski definition) is 6. The van der Waals surface area contributed by atoms with Gasteiger partial charge in [-0.05, 0) is 96.3 Å². The Morgan fingerprint density at radius 2 is 0.542 bits per heavy atom. The molecule has 0 rings (SSSR count). The zero-order valence-electron chi connectivity index (χ0n) is 47.4. The third-order valence-corrected chi connectivity index (χ3v) is 13.1. The van der Waals surface area contributed by atoms with Gasteiger partial charge in [-0.2, -0.15) is 0 Å². The van der Waals surface area contributed by atoms with E-state index in [0.29, 0.717) is 19.3 Å². The molecule has 0 aromatic heterocycles. The third-order valence-electron chi connectivity index (χ3n) is 13.1. The molecule has 0 fully saturated rings. The molecule has 0 saturated carbocycles. The first-order valence-corrected chi connectivity index (χ1v) is 30.6. The molecule has 72 heavy (non-hydrogen) atoms. The molecular formula is C66H114O6. The van der Waals surface area contributed by atoms with Gasteiger partial charge in [0, 0.05) is 19.3 Å². The van der Waals surface area contributed by atoms with Crippen molar-refractivity contribution in [2.45, 2.75) is 303 Å². The zero-order valence-corrected chi connectivity index (χ0v) is 47.4. The summed E-state index contributed by atoms with van der Waals surface area (Å²) >= 11 is 0. The minimum atomic E-state index is -0.796. The normalized spacial score (nSPS) is 12.7. The largest absolute Gasteiger partial charge is 0.462 e. The molecule has 1 atom stereocenters. The van der Waals surface area contributed by atoms with Gasteiger partial charge in [0.15, 0.2) is 6.10 Å². The van der Waals surface area contributed by atoms with E-state index < -0.39 is 6.10 Å². The predicted molar refractivity (Wildman–Crippen MR) is 311 cm³/mol. The number of allylic oxidation sites excluding steroid dienone is 14.